The van der Waals surface area contributed by atoms with E-state index in [-0.39, 0.29) is 0 Å². The summed E-state index contributed by atoms with van der Waals surface area (Å²) in [6.07, 6.45) is 4.33. The van der Waals surface area contributed by atoms with Gasteiger partial charge in [0.2, 0.25) is 0 Å². The van der Waals surface area contributed by atoms with E-state index < -0.39 is 12.0 Å². The number of carboxylic acids is 1. The molecule has 2 N–H and O–H groups in total. The minimum Gasteiger partial charge on any atom is -0.480 e. The Labute approximate surface area is 120 Å². The smallest absolute Gasteiger partial charge is 0.322 e. The molecule has 0 spiro atoms. The highest BCUT2D eigenvalue weighted by Gasteiger charge is 2.22. The number of aliphatic carboxylic acids is 1. The molecule has 1 atom stereocenters. The first-order valence-electron chi connectivity index (χ1n) is 7.51. The van der Waals surface area contributed by atoms with Crippen LogP contribution < -0.4 is 10.2 Å². The van der Waals surface area contributed by atoms with Crippen molar-refractivity contribution >= 4 is 11.7 Å². The van der Waals surface area contributed by atoms with Crippen LogP contribution in [0.25, 0.3) is 0 Å². The summed E-state index contributed by atoms with van der Waals surface area (Å²) < 4.78 is 0. The molecular formula is C16H24N2O2. The van der Waals surface area contributed by atoms with E-state index in [4.69, 9.17) is 0 Å². The van der Waals surface area contributed by atoms with Crippen molar-refractivity contribution in [1.82, 2.24) is 5.32 Å². The predicted molar refractivity (Wildman–Crippen MR) is 81.3 cm³/mol. The maximum Gasteiger partial charge on any atom is 0.322 e. The van der Waals surface area contributed by atoms with Gasteiger partial charge >= 0.3 is 5.97 Å². The van der Waals surface area contributed by atoms with E-state index in [9.17, 15) is 9.90 Å². The maximum atomic E-state index is 11.4. The van der Waals surface area contributed by atoms with Gasteiger partial charge < -0.3 is 15.3 Å². The molecule has 0 saturated carbocycles. The number of aryl methyl sites for hydroxylation is 1. The van der Waals surface area contributed by atoms with Gasteiger partial charge in [0.1, 0.15) is 6.04 Å². The Morgan fingerprint density at radius 2 is 2.20 bits per heavy atom. The van der Waals surface area contributed by atoms with Crippen LogP contribution in [0.2, 0.25) is 0 Å². The van der Waals surface area contributed by atoms with Gasteiger partial charge in [-0.05, 0) is 43.9 Å². The molecule has 0 bridgehead atoms. The molecular weight excluding hydrogens is 252 g/mol. The van der Waals surface area contributed by atoms with Gasteiger partial charge in [0.25, 0.3) is 0 Å². The Hall–Kier alpha value is -1.55. The lowest BCUT2D eigenvalue weighted by Gasteiger charge is -2.28. The third kappa shape index (κ3) is 3.73. The molecule has 110 valence electrons. The van der Waals surface area contributed by atoms with Gasteiger partial charge in [-0.25, -0.2) is 0 Å². The fraction of sp³-hybridized carbons (Fsp3) is 0.562. The van der Waals surface area contributed by atoms with Crippen molar-refractivity contribution in [2.45, 2.75) is 38.6 Å². The molecule has 0 aromatic heterocycles. The van der Waals surface area contributed by atoms with Crippen LogP contribution >= 0.6 is 0 Å². The monoisotopic (exact) mass is 276 g/mol. The third-order valence-corrected chi connectivity index (χ3v) is 3.80. The average Bonchev–Trinajstić information content (AvgIpc) is 2.65. The van der Waals surface area contributed by atoms with E-state index in [1.54, 1.807) is 0 Å². The number of hydrogen-bond donors (Lipinski definition) is 2. The number of anilines is 1. The molecule has 1 unspecified atom stereocenters. The van der Waals surface area contributed by atoms with Crippen LogP contribution in [0.15, 0.2) is 24.3 Å². The van der Waals surface area contributed by atoms with Crippen molar-refractivity contribution in [1.29, 1.82) is 0 Å². The summed E-state index contributed by atoms with van der Waals surface area (Å²) in [5.41, 5.74) is 2.54. The maximum absolute atomic E-state index is 11.4. The van der Waals surface area contributed by atoms with Crippen LogP contribution in [-0.2, 0) is 11.2 Å². The second-order valence-electron chi connectivity index (χ2n) is 5.38. The molecule has 2 rings (SSSR count). The summed E-state index contributed by atoms with van der Waals surface area (Å²) in [5.74, 6) is -0.764. The van der Waals surface area contributed by atoms with Crippen LogP contribution in [0.3, 0.4) is 0 Å². The number of carboxylic acid groups (broad SMARTS) is 1. The van der Waals surface area contributed by atoms with Gasteiger partial charge in [-0.1, -0.05) is 25.1 Å². The van der Waals surface area contributed by atoms with E-state index in [1.807, 2.05) is 13.0 Å². The number of fused-ring (bicyclic) bond motifs is 1. The molecule has 20 heavy (non-hydrogen) atoms. The predicted octanol–water partition coefficient (Wildman–Crippen LogP) is 2.28. The van der Waals surface area contributed by atoms with Crippen LogP contribution in [0.5, 0.6) is 0 Å². The molecule has 0 aliphatic carbocycles. The SMILES string of the molecule is CCCNC(CN1CCCCc2ccccc21)C(=O)O. The fourth-order valence-electron chi connectivity index (χ4n) is 2.73. The summed E-state index contributed by atoms with van der Waals surface area (Å²) in [6, 6.07) is 7.86. The standard InChI is InChI=1S/C16H24N2O2/c1-2-10-17-14(16(19)20)12-18-11-6-5-8-13-7-3-4-9-15(13)18/h3-4,7,9,14,17H,2,5-6,8,10-12H2,1H3,(H,19,20). The van der Waals surface area contributed by atoms with Gasteiger partial charge in [0.15, 0.2) is 0 Å². The van der Waals surface area contributed by atoms with E-state index in [0.29, 0.717) is 6.54 Å². The Morgan fingerprint density at radius 3 is 2.95 bits per heavy atom. The first-order valence-corrected chi connectivity index (χ1v) is 7.51. The Bertz CT molecular complexity index is 448. The first-order chi connectivity index (χ1) is 9.72. The lowest BCUT2D eigenvalue weighted by Crippen LogP contribution is -2.46. The van der Waals surface area contributed by atoms with Gasteiger partial charge in [-0.2, -0.15) is 0 Å². The number of hydrogen-bond acceptors (Lipinski definition) is 3. The summed E-state index contributed by atoms with van der Waals surface area (Å²) in [7, 11) is 0. The lowest BCUT2D eigenvalue weighted by molar-refractivity contribution is -0.139. The topological polar surface area (TPSA) is 52.6 Å². The number of nitrogens with zero attached hydrogens (tertiary/aromatic N) is 1. The highest BCUT2D eigenvalue weighted by atomic mass is 16.4. The Balaban J connectivity index is 2.12. The van der Waals surface area contributed by atoms with Crippen LogP contribution in [0.4, 0.5) is 5.69 Å². The molecule has 1 aromatic rings. The fourth-order valence-corrected chi connectivity index (χ4v) is 2.73. The molecule has 0 saturated heterocycles. The first kappa shape index (κ1) is 14.9. The minimum absolute atomic E-state index is 0.499. The average molecular weight is 276 g/mol. The highest BCUT2D eigenvalue weighted by molar-refractivity contribution is 5.74. The van der Waals surface area contributed by atoms with E-state index in [1.165, 1.54) is 17.7 Å². The van der Waals surface area contributed by atoms with Gasteiger partial charge in [-0.3, -0.25) is 4.79 Å². The summed E-state index contributed by atoms with van der Waals surface area (Å²) in [4.78, 5) is 13.6. The Morgan fingerprint density at radius 1 is 1.40 bits per heavy atom. The van der Waals surface area contributed by atoms with Gasteiger partial charge in [0.05, 0.1) is 0 Å². The second-order valence-corrected chi connectivity index (χ2v) is 5.38. The van der Waals surface area contributed by atoms with Crippen molar-refractivity contribution in [3.05, 3.63) is 29.8 Å². The molecule has 1 aliphatic rings. The molecule has 0 radical (unpaired) electrons. The van der Waals surface area contributed by atoms with Crippen molar-refractivity contribution in [3.63, 3.8) is 0 Å². The van der Waals surface area contributed by atoms with Crippen LogP contribution in [-0.4, -0.2) is 36.8 Å². The third-order valence-electron chi connectivity index (χ3n) is 3.80. The molecule has 1 heterocycles. The second kappa shape index (κ2) is 7.29. The quantitative estimate of drug-likeness (QED) is 0.837. The molecule has 1 aromatic carbocycles. The summed E-state index contributed by atoms with van der Waals surface area (Å²) >= 11 is 0. The normalized spacial score (nSPS) is 16.4. The molecule has 4 nitrogen and oxygen atoms in total. The zero-order chi connectivity index (χ0) is 14.4. The number of para-hydroxylation sites is 1. The number of rotatable bonds is 6. The van der Waals surface area contributed by atoms with Crippen LogP contribution in [0, 0.1) is 0 Å². The zero-order valence-corrected chi connectivity index (χ0v) is 12.1. The summed E-state index contributed by atoms with van der Waals surface area (Å²) in [5, 5.41) is 12.5. The van der Waals surface area contributed by atoms with Gasteiger partial charge in [-0.15, -0.1) is 0 Å². The van der Waals surface area contributed by atoms with Crippen molar-refractivity contribution < 1.29 is 9.90 Å². The van der Waals surface area contributed by atoms with Crippen LogP contribution in [0.1, 0.15) is 31.7 Å². The molecule has 0 fully saturated rings. The van der Waals surface area contributed by atoms with Gasteiger partial charge in [0, 0.05) is 18.8 Å². The Kier molecular flexibility index (Phi) is 5.41. The largest absolute Gasteiger partial charge is 0.480 e. The lowest BCUT2D eigenvalue weighted by atomic mass is 10.1. The number of nitrogens with one attached hydrogen (secondary N) is 1. The number of benzene rings is 1. The minimum atomic E-state index is -0.764. The van der Waals surface area contributed by atoms with E-state index in [0.717, 1.165) is 32.4 Å². The van der Waals surface area contributed by atoms with Crippen molar-refractivity contribution in [3.8, 4) is 0 Å². The highest BCUT2D eigenvalue weighted by Crippen LogP contribution is 2.26. The molecule has 1 aliphatic heterocycles. The zero-order valence-electron chi connectivity index (χ0n) is 12.1. The number of carbonyl (C=O) groups is 1. The van der Waals surface area contributed by atoms with E-state index >= 15 is 0 Å². The molecule has 0 amide bonds. The van der Waals surface area contributed by atoms with E-state index in [2.05, 4.69) is 28.4 Å². The van der Waals surface area contributed by atoms with Crippen molar-refractivity contribution in [2.24, 2.45) is 0 Å². The summed E-state index contributed by atoms with van der Waals surface area (Å²) in [6.45, 7) is 4.26. The van der Waals surface area contributed by atoms with Crippen molar-refractivity contribution in [2.75, 3.05) is 24.5 Å². The molecule has 4 heteroatoms.